The molecule has 1 fully saturated rings. The first-order valence-electron chi connectivity index (χ1n) is 7.56. The molecular weight excluding hydrogens is 271 g/mol. The van der Waals surface area contributed by atoms with Crippen LogP contribution in [0.5, 0.6) is 0 Å². The van der Waals surface area contributed by atoms with Gasteiger partial charge in [-0.3, -0.25) is 0 Å². The molecule has 2 aromatic rings. The van der Waals surface area contributed by atoms with Crippen LogP contribution in [-0.4, -0.2) is 31.9 Å². The summed E-state index contributed by atoms with van der Waals surface area (Å²) in [6, 6.07) is 2.93. The van der Waals surface area contributed by atoms with Gasteiger partial charge in [-0.1, -0.05) is 13.3 Å². The molecule has 2 N–H and O–H groups in total. The second kappa shape index (κ2) is 5.60. The van der Waals surface area contributed by atoms with Crippen LogP contribution in [0.4, 0.5) is 10.3 Å². The van der Waals surface area contributed by atoms with Crippen molar-refractivity contribution in [3.63, 3.8) is 0 Å². The van der Waals surface area contributed by atoms with Gasteiger partial charge in [-0.25, -0.2) is 8.91 Å². The van der Waals surface area contributed by atoms with Gasteiger partial charge in [0.1, 0.15) is 5.82 Å². The number of nitrogens with zero attached hydrogens (tertiary/aromatic N) is 3. The lowest BCUT2D eigenvalue weighted by molar-refractivity contribution is 0.00216. The molecule has 0 bridgehead atoms. The summed E-state index contributed by atoms with van der Waals surface area (Å²) in [5.41, 5.74) is -0.102. The number of aliphatic hydroxyl groups is 1. The quantitative estimate of drug-likeness (QED) is 0.909. The molecule has 0 amide bonds. The third-order valence-electron chi connectivity index (χ3n) is 4.48. The van der Waals surface area contributed by atoms with Crippen LogP contribution in [0.25, 0.3) is 5.65 Å². The summed E-state index contributed by atoms with van der Waals surface area (Å²) in [5.74, 6) is 0.809. The second-order valence-electron chi connectivity index (χ2n) is 6.02. The Morgan fingerprint density at radius 1 is 1.43 bits per heavy atom. The highest BCUT2D eigenvalue weighted by atomic mass is 19.1. The highest BCUT2D eigenvalue weighted by molar-refractivity contribution is 5.43. The van der Waals surface area contributed by atoms with Crippen molar-refractivity contribution in [2.45, 2.75) is 44.6 Å². The largest absolute Gasteiger partial charge is 0.388 e. The van der Waals surface area contributed by atoms with Crippen molar-refractivity contribution in [3.8, 4) is 0 Å². The summed E-state index contributed by atoms with van der Waals surface area (Å²) < 4.78 is 14.5. The van der Waals surface area contributed by atoms with Crippen LogP contribution in [0, 0.1) is 11.7 Å². The number of nitrogens with one attached hydrogen (secondary N) is 1. The molecule has 0 unspecified atom stereocenters. The SMILES string of the molecule is CCC1CCC(O)(CNc2nc3ccc(F)cn3n2)CC1. The van der Waals surface area contributed by atoms with Gasteiger partial charge in [0.15, 0.2) is 5.65 Å². The molecule has 0 aromatic carbocycles. The predicted molar refractivity (Wildman–Crippen MR) is 78.6 cm³/mol. The van der Waals surface area contributed by atoms with Crippen LogP contribution in [0.2, 0.25) is 0 Å². The van der Waals surface area contributed by atoms with Crippen molar-refractivity contribution >= 4 is 11.6 Å². The number of hydrogen-bond acceptors (Lipinski definition) is 4. The van der Waals surface area contributed by atoms with Crippen LogP contribution >= 0.6 is 0 Å². The number of pyridine rings is 1. The topological polar surface area (TPSA) is 62.5 Å². The Balaban J connectivity index is 1.63. The Hall–Kier alpha value is -1.69. The van der Waals surface area contributed by atoms with Crippen LogP contribution in [0.15, 0.2) is 18.3 Å². The van der Waals surface area contributed by atoms with Gasteiger partial charge in [0, 0.05) is 6.54 Å². The van der Waals surface area contributed by atoms with Gasteiger partial charge >= 0.3 is 0 Å². The fraction of sp³-hybridized carbons (Fsp3) is 0.600. The molecule has 2 heterocycles. The Labute approximate surface area is 123 Å². The molecule has 0 radical (unpaired) electrons. The Bertz CT molecular complexity index is 619. The zero-order valence-corrected chi connectivity index (χ0v) is 12.2. The summed E-state index contributed by atoms with van der Waals surface area (Å²) in [6.45, 7) is 2.63. The van der Waals surface area contributed by atoms with Gasteiger partial charge in [-0.15, -0.1) is 5.10 Å². The maximum absolute atomic E-state index is 13.1. The highest BCUT2D eigenvalue weighted by Crippen LogP contribution is 2.33. The molecule has 21 heavy (non-hydrogen) atoms. The minimum Gasteiger partial charge on any atom is -0.388 e. The minimum absolute atomic E-state index is 0.351. The molecule has 1 aliphatic rings. The third-order valence-corrected chi connectivity index (χ3v) is 4.48. The maximum Gasteiger partial charge on any atom is 0.243 e. The van der Waals surface area contributed by atoms with E-state index in [4.69, 9.17) is 0 Å². The van der Waals surface area contributed by atoms with Crippen molar-refractivity contribution < 1.29 is 9.50 Å². The average molecular weight is 292 g/mol. The van der Waals surface area contributed by atoms with E-state index in [2.05, 4.69) is 22.3 Å². The van der Waals surface area contributed by atoms with Crippen LogP contribution < -0.4 is 5.32 Å². The van der Waals surface area contributed by atoms with Crippen molar-refractivity contribution in [2.75, 3.05) is 11.9 Å². The molecule has 114 valence electrons. The maximum atomic E-state index is 13.1. The van der Waals surface area contributed by atoms with Crippen molar-refractivity contribution in [2.24, 2.45) is 5.92 Å². The molecule has 1 aliphatic carbocycles. The molecule has 0 spiro atoms. The minimum atomic E-state index is -0.686. The van der Waals surface area contributed by atoms with Crippen LogP contribution in [-0.2, 0) is 0 Å². The lowest BCUT2D eigenvalue weighted by Gasteiger charge is -2.35. The van der Waals surface area contributed by atoms with Crippen molar-refractivity contribution in [3.05, 3.63) is 24.1 Å². The number of aromatic nitrogens is 3. The van der Waals surface area contributed by atoms with E-state index in [1.54, 1.807) is 6.07 Å². The van der Waals surface area contributed by atoms with E-state index in [1.807, 2.05) is 0 Å². The van der Waals surface area contributed by atoms with E-state index >= 15 is 0 Å². The Morgan fingerprint density at radius 3 is 2.90 bits per heavy atom. The van der Waals surface area contributed by atoms with Crippen molar-refractivity contribution in [1.29, 1.82) is 0 Å². The molecule has 2 aromatic heterocycles. The standard InChI is InChI=1S/C15H21FN4O/c1-2-11-5-7-15(21,8-6-11)10-17-14-18-13-4-3-12(16)9-20(13)19-14/h3-4,9,11,21H,2,5-8,10H2,1H3,(H,17,19). The lowest BCUT2D eigenvalue weighted by Crippen LogP contribution is -2.40. The van der Waals surface area contributed by atoms with E-state index in [0.29, 0.717) is 18.1 Å². The molecule has 1 saturated carbocycles. The third kappa shape index (κ3) is 3.15. The van der Waals surface area contributed by atoms with E-state index in [-0.39, 0.29) is 5.82 Å². The van der Waals surface area contributed by atoms with Gasteiger partial charge in [-0.05, 0) is 43.7 Å². The van der Waals surface area contributed by atoms with Gasteiger partial charge in [0.05, 0.1) is 11.8 Å². The fourth-order valence-corrected chi connectivity index (χ4v) is 2.98. The van der Waals surface area contributed by atoms with Gasteiger partial charge < -0.3 is 10.4 Å². The number of halogens is 1. The Kier molecular flexibility index (Phi) is 3.80. The molecule has 3 rings (SSSR count). The van der Waals surface area contributed by atoms with Gasteiger partial charge in [0.2, 0.25) is 5.95 Å². The van der Waals surface area contributed by atoms with Crippen LogP contribution in [0.1, 0.15) is 39.0 Å². The number of rotatable bonds is 4. The first-order valence-corrected chi connectivity index (χ1v) is 7.56. The second-order valence-corrected chi connectivity index (χ2v) is 6.02. The molecule has 0 aliphatic heterocycles. The van der Waals surface area contributed by atoms with E-state index in [1.165, 1.54) is 23.2 Å². The van der Waals surface area contributed by atoms with E-state index < -0.39 is 5.60 Å². The van der Waals surface area contributed by atoms with Crippen LogP contribution in [0.3, 0.4) is 0 Å². The first kappa shape index (κ1) is 14.3. The molecule has 0 atom stereocenters. The molecule has 5 nitrogen and oxygen atoms in total. The lowest BCUT2D eigenvalue weighted by atomic mass is 9.78. The number of anilines is 1. The summed E-state index contributed by atoms with van der Waals surface area (Å²) in [7, 11) is 0. The highest BCUT2D eigenvalue weighted by Gasteiger charge is 2.32. The molecular formula is C15H21FN4O. The molecule has 0 saturated heterocycles. The summed E-state index contributed by atoms with van der Waals surface area (Å²) in [4.78, 5) is 4.26. The Morgan fingerprint density at radius 2 is 2.19 bits per heavy atom. The normalized spacial score (nSPS) is 26.1. The summed E-state index contributed by atoms with van der Waals surface area (Å²) in [5, 5.41) is 17.8. The monoisotopic (exact) mass is 292 g/mol. The number of fused-ring (bicyclic) bond motifs is 1. The zero-order valence-electron chi connectivity index (χ0n) is 12.2. The van der Waals surface area contributed by atoms with Gasteiger partial charge in [-0.2, -0.15) is 4.98 Å². The summed E-state index contributed by atoms with van der Waals surface area (Å²) >= 11 is 0. The molecule has 6 heteroatoms. The summed E-state index contributed by atoms with van der Waals surface area (Å²) in [6.07, 6.45) is 6.22. The smallest absolute Gasteiger partial charge is 0.243 e. The fourth-order valence-electron chi connectivity index (χ4n) is 2.98. The average Bonchev–Trinajstić information content (AvgIpc) is 2.88. The predicted octanol–water partition coefficient (Wildman–Crippen LogP) is 2.61. The zero-order chi connectivity index (χ0) is 14.9. The van der Waals surface area contributed by atoms with Crippen molar-refractivity contribution in [1.82, 2.24) is 14.6 Å². The first-order chi connectivity index (χ1) is 10.1. The number of hydrogen-bond donors (Lipinski definition) is 2. The van der Waals surface area contributed by atoms with E-state index in [0.717, 1.165) is 31.6 Å². The van der Waals surface area contributed by atoms with E-state index in [9.17, 15) is 9.50 Å². The van der Waals surface area contributed by atoms with Gasteiger partial charge in [0.25, 0.3) is 0 Å².